The van der Waals surface area contributed by atoms with Crippen LogP contribution in [0.15, 0.2) is 0 Å². The minimum atomic E-state index is 0.478. The van der Waals surface area contributed by atoms with Crippen LogP contribution >= 0.6 is 21.6 Å². The first kappa shape index (κ1) is 15.7. The summed E-state index contributed by atoms with van der Waals surface area (Å²) in [5.41, 5.74) is 0. The fourth-order valence-corrected chi connectivity index (χ4v) is 8.47. The molecule has 0 N–H and O–H groups in total. The van der Waals surface area contributed by atoms with E-state index in [-0.39, 0.29) is 0 Å². The molecule has 0 aromatic rings. The summed E-state index contributed by atoms with van der Waals surface area (Å²) in [4.78, 5) is 15.1. The van der Waals surface area contributed by atoms with Crippen LogP contribution in [0.3, 0.4) is 0 Å². The van der Waals surface area contributed by atoms with Crippen LogP contribution in [0.25, 0.3) is 0 Å². The van der Waals surface area contributed by atoms with Gasteiger partial charge in [-0.05, 0) is 69.1 Å². The summed E-state index contributed by atoms with van der Waals surface area (Å²) >= 11 is 0. The standard InChI is InChI=1S/C18H29NOS2/c20-18(4-2-1-3-17-5-6-21-22-17)19-12-15-8-13-7-14(9-15)11-16(19)10-13/h13-17H,1-12H2/t13-,14+,15?,16?,17-/m0/s1. The topological polar surface area (TPSA) is 20.3 Å². The summed E-state index contributed by atoms with van der Waals surface area (Å²) in [7, 11) is 4.10. The first-order valence-electron chi connectivity index (χ1n) is 9.35. The van der Waals surface area contributed by atoms with E-state index < -0.39 is 0 Å². The van der Waals surface area contributed by atoms with Crippen LogP contribution in [0.5, 0.6) is 0 Å². The maximum atomic E-state index is 12.7. The van der Waals surface area contributed by atoms with Crippen molar-refractivity contribution in [1.82, 2.24) is 4.90 Å². The molecule has 124 valence electrons. The highest BCUT2D eigenvalue weighted by Crippen LogP contribution is 2.47. The number of hydrogen-bond acceptors (Lipinski definition) is 3. The number of carbonyl (C=O) groups is 1. The second-order valence-electron chi connectivity index (χ2n) is 8.05. The number of rotatable bonds is 5. The third kappa shape index (κ3) is 3.48. The molecule has 2 aliphatic carbocycles. The van der Waals surface area contributed by atoms with Gasteiger partial charge < -0.3 is 4.90 Å². The summed E-state index contributed by atoms with van der Waals surface area (Å²) < 4.78 is 0. The Morgan fingerprint density at radius 1 is 1.00 bits per heavy atom. The molecule has 3 saturated heterocycles. The van der Waals surface area contributed by atoms with Gasteiger partial charge in [-0.15, -0.1) is 0 Å². The molecule has 0 aromatic heterocycles. The lowest BCUT2D eigenvalue weighted by Crippen LogP contribution is -2.42. The van der Waals surface area contributed by atoms with Crippen molar-refractivity contribution < 1.29 is 4.79 Å². The Bertz CT molecular complexity index is 396. The molecule has 0 aromatic carbocycles. The van der Waals surface area contributed by atoms with Crippen molar-refractivity contribution >= 4 is 27.5 Å². The van der Waals surface area contributed by atoms with E-state index in [0.717, 1.165) is 42.4 Å². The van der Waals surface area contributed by atoms with Gasteiger partial charge in [0, 0.05) is 30.0 Å². The highest BCUT2D eigenvalue weighted by molar-refractivity contribution is 8.77. The van der Waals surface area contributed by atoms with E-state index in [1.54, 1.807) is 0 Å². The molecule has 0 radical (unpaired) electrons. The normalized spacial score (nSPS) is 40.2. The van der Waals surface area contributed by atoms with E-state index >= 15 is 0 Å². The number of hydrogen-bond donors (Lipinski definition) is 0. The number of unbranched alkanes of at least 4 members (excludes halogenated alkanes) is 1. The molecular weight excluding hydrogens is 310 g/mol. The van der Waals surface area contributed by atoms with Gasteiger partial charge in [-0.25, -0.2) is 0 Å². The highest BCUT2D eigenvalue weighted by Gasteiger charge is 2.43. The second-order valence-corrected chi connectivity index (χ2v) is 10.8. The highest BCUT2D eigenvalue weighted by atomic mass is 33.1. The van der Waals surface area contributed by atoms with Crippen LogP contribution in [-0.4, -0.2) is 34.4 Å². The Kier molecular flexibility index (Phi) is 4.96. The Labute approximate surface area is 142 Å². The van der Waals surface area contributed by atoms with Gasteiger partial charge in [0.1, 0.15) is 0 Å². The Hall–Kier alpha value is 0.170. The van der Waals surface area contributed by atoms with Crippen LogP contribution < -0.4 is 0 Å². The Balaban J connectivity index is 1.25. The van der Waals surface area contributed by atoms with E-state index in [9.17, 15) is 4.79 Å². The SMILES string of the molecule is O=C(CCCC[C@H]1CCSS1)N1CC2C[C@@H]3CC1C[C@H](C2)C3. The smallest absolute Gasteiger partial charge is 0.222 e. The van der Waals surface area contributed by atoms with Gasteiger partial charge in [0.05, 0.1) is 0 Å². The minimum absolute atomic E-state index is 0.478. The maximum absolute atomic E-state index is 12.7. The molecular formula is C18H29NOS2. The molecule has 5 atom stereocenters. The lowest BCUT2D eigenvalue weighted by Gasteiger charge is -2.39. The number of carbonyl (C=O) groups excluding carboxylic acids is 1. The van der Waals surface area contributed by atoms with Crippen molar-refractivity contribution in [3.8, 4) is 0 Å². The van der Waals surface area contributed by atoms with Gasteiger partial charge in [-0.1, -0.05) is 28.0 Å². The monoisotopic (exact) mass is 339 g/mol. The molecule has 5 rings (SSSR count). The second kappa shape index (κ2) is 6.96. The fraction of sp³-hybridized carbons (Fsp3) is 0.944. The van der Waals surface area contributed by atoms with Crippen LogP contribution in [0.4, 0.5) is 0 Å². The molecule has 4 heteroatoms. The van der Waals surface area contributed by atoms with E-state index in [2.05, 4.69) is 15.7 Å². The molecule has 5 fully saturated rings. The lowest BCUT2D eigenvalue weighted by molar-refractivity contribution is -0.134. The predicted molar refractivity (Wildman–Crippen MR) is 96.0 cm³/mol. The third-order valence-corrected chi connectivity index (χ3v) is 9.33. The summed E-state index contributed by atoms with van der Waals surface area (Å²) in [5.74, 6) is 4.51. The van der Waals surface area contributed by atoms with E-state index in [1.165, 1.54) is 57.1 Å². The van der Waals surface area contributed by atoms with Gasteiger partial charge in [-0.3, -0.25) is 4.79 Å². The fourth-order valence-electron chi connectivity index (χ4n) is 5.45. The first-order chi connectivity index (χ1) is 10.8. The largest absolute Gasteiger partial charge is 0.339 e. The summed E-state index contributed by atoms with van der Waals surface area (Å²) in [6.07, 6.45) is 12.8. The van der Waals surface area contributed by atoms with E-state index in [4.69, 9.17) is 0 Å². The number of fused-ring (bicyclic) bond motifs is 1. The van der Waals surface area contributed by atoms with E-state index in [0.29, 0.717) is 11.9 Å². The van der Waals surface area contributed by atoms with Gasteiger partial charge >= 0.3 is 0 Å². The molecule has 0 spiro atoms. The van der Waals surface area contributed by atoms with Crippen molar-refractivity contribution in [2.75, 3.05) is 12.3 Å². The zero-order valence-corrected chi connectivity index (χ0v) is 15.2. The molecule has 3 heterocycles. The zero-order chi connectivity index (χ0) is 14.9. The molecule has 1 amide bonds. The minimum Gasteiger partial charge on any atom is -0.339 e. The summed E-state index contributed by atoms with van der Waals surface area (Å²) in [5, 5.41) is 0.865. The van der Waals surface area contributed by atoms with Crippen LogP contribution in [0, 0.1) is 17.8 Å². The molecule has 5 aliphatic rings. The third-order valence-electron chi connectivity index (χ3n) is 6.32. The van der Waals surface area contributed by atoms with Crippen molar-refractivity contribution in [3.63, 3.8) is 0 Å². The van der Waals surface area contributed by atoms with Gasteiger partial charge in [0.25, 0.3) is 0 Å². The van der Waals surface area contributed by atoms with Crippen molar-refractivity contribution in [1.29, 1.82) is 0 Å². The molecule has 2 unspecified atom stereocenters. The van der Waals surface area contributed by atoms with Gasteiger partial charge in [0.2, 0.25) is 5.91 Å². The average molecular weight is 340 g/mol. The maximum Gasteiger partial charge on any atom is 0.222 e. The van der Waals surface area contributed by atoms with Crippen molar-refractivity contribution in [2.24, 2.45) is 17.8 Å². The zero-order valence-electron chi connectivity index (χ0n) is 13.5. The summed E-state index contributed by atoms with van der Waals surface area (Å²) in [6, 6.07) is 0.602. The van der Waals surface area contributed by atoms with Crippen molar-refractivity contribution in [2.45, 2.75) is 75.5 Å². The van der Waals surface area contributed by atoms with Crippen molar-refractivity contribution in [3.05, 3.63) is 0 Å². The molecule has 22 heavy (non-hydrogen) atoms. The summed E-state index contributed by atoms with van der Waals surface area (Å²) in [6.45, 7) is 1.09. The lowest BCUT2D eigenvalue weighted by atomic mass is 9.68. The number of nitrogens with zero attached hydrogens (tertiary/aromatic N) is 1. The predicted octanol–water partition coefficient (Wildman–Crippen LogP) is 4.74. The molecule has 2 saturated carbocycles. The van der Waals surface area contributed by atoms with E-state index in [1.807, 2.05) is 10.8 Å². The first-order valence-corrected chi connectivity index (χ1v) is 11.7. The van der Waals surface area contributed by atoms with Crippen LogP contribution in [-0.2, 0) is 4.79 Å². The van der Waals surface area contributed by atoms with Crippen LogP contribution in [0.1, 0.15) is 64.2 Å². The van der Waals surface area contributed by atoms with Gasteiger partial charge in [0.15, 0.2) is 0 Å². The quantitative estimate of drug-likeness (QED) is 0.533. The molecule has 4 bridgehead atoms. The average Bonchev–Trinajstić information content (AvgIpc) is 2.93. The Morgan fingerprint density at radius 3 is 2.50 bits per heavy atom. The van der Waals surface area contributed by atoms with Gasteiger partial charge in [-0.2, -0.15) is 0 Å². The Morgan fingerprint density at radius 2 is 1.77 bits per heavy atom. The van der Waals surface area contributed by atoms with Crippen LogP contribution in [0.2, 0.25) is 0 Å². The number of amides is 1. The molecule has 3 aliphatic heterocycles. The molecule has 2 nitrogen and oxygen atoms in total.